The molecule has 13 rings (SSSR count). The molecule has 2 heterocycles. The maximum Gasteiger partial charge on any atom is 0.141 e. The van der Waals surface area contributed by atoms with E-state index in [-0.39, 0.29) is 5.41 Å². The van der Waals surface area contributed by atoms with Crippen molar-refractivity contribution in [1.29, 1.82) is 0 Å². The summed E-state index contributed by atoms with van der Waals surface area (Å²) in [6, 6.07) is 69.9. The zero-order valence-electron chi connectivity index (χ0n) is 37.4. The fourth-order valence-electron chi connectivity index (χ4n) is 12.6. The largest absolute Gasteiger partial charge is 0.456 e. The van der Waals surface area contributed by atoms with Crippen LogP contribution in [0, 0.1) is 5.92 Å². The van der Waals surface area contributed by atoms with E-state index in [0.29, 0.717) is 11.8 Å². The molecule has 1 saturated carbocycles. The van der Waals surface area contributed by atoms with E-state index >= 15 is 0 Å². The summed E-state index contributed by atoms with van der Waals surface area (Å²) in [5.41, 5.74) is 14.0. The topological polar surface area (TPSA) is 21.3 Å². The first-order valence-electron chi connectivity index (χ1n) is 23.8. The van der Waals surface area contributed by atoms with Gasteiger partial charge in [-0.1, -0.05) is 170 Å². The van der Waals surface area contributed by atoms with E-state index in [0.717, 1.165) is 46.5 Å². The first kappa shape index (κ1) is 38.8. The monoisotopic (exact) mass is 850 g/mol. The lowest BCUT2D eigenvalue weighted by Gasteiger charge is -2.42. The Kier molecular flexibility index (Phi) is 8.96. The van der Waals surface area contributed by atoms with Gasteiger partial charge in [0.2, 0.25) is 0 Å². The summed E-state index contributed by atoms with van der Waals surface area (Å²) in [7, 11) is 0. The van der Waals surface area contributed by atoms with Gasteiger partial charge in [0.05, 0.1) is 27.8 Å². The molecule has 3 nitrogen and oxygen atoms in total. The Morgan fingerprint density at radius 1 is 0.606 bits per heavy atom. The van der Waals surface area contributed by atoms with Crippen LogP contribution >= 0.6 is 0 Å². The van der Waals surface area contributed by atoms with Crippen LogP contribution in [0.25, 0.3) is 71.0 Å². The lowest BCUT2D eigenvalue weighted by molar-refractivity contribution is 0.259. The molecule has 2 aliphatic carbocycles. The third-order valence-electron chi connectivity index (χ3n) is 15.3. The molecule has 0 aliphatic heterocycles. The van der Waals surface area contributed by atoms with Crippen molar-refractivity contribution in [2.24, 2.45) is 5.92 Å². The molecule has 3 atom stereocenters. The van der Waals surface area contributed by atoms with Crippen LogP contribution in [0.3, 0.4) is 0 Å². The van der Waals surface area contributed by atoms with Gasteiger partial charge in [-0.15, -0.1) is 0 Å². The van der Waals surface area contributed by atoms with Gasteiger partial charge < -0.3 is 13.9 Å². The third-order valence-corrected chi connectivity index (χ3v) is 15.3. The number of hydrogen-bond donors (Lipinski definition) is 0. The van der Waals surface area contributed by atoms with Crippen molar-refractivity contribution >= 4 is 82.4 Å². The van der Waals surface area contributed by atoms with Gasteiger partial charge in [-0.05, 0) is 120 Å². The smallest absolute Gasteiger partial charge is 0.141 e. The van der Waals surface area contributed by atoms with Gasteiger partial charge in [-0.25, -0.2) is 0 Å². The average molecular weight is 851 g/mol. The maximum atomic E-state index is 7.32. The van der Waals surface area contributed by atoms with Crippen molar-refractivity contribution < 1.29 is 4.42 Å². The summed E-state index contributed by atoms with van der Waals surface area (Å²) in [6.07, 6.45) is 11.6. The molecule has 3 heteroatoms. The highest BCUT2D eigenvalue weighted by molar-refractivity contribution is 6.17. The number of anilines is 3. The highest BCUT2D eigenvalue weighted by Crippen LogP contribution is 2.65. The summed E-state index contributed by atoms with van der Waals surface area (Å²) < 4.78 is 9.78. The number of fused-ring (bicyclic) bond motifs is 12. The zero-order valence-corrected chi connectivity index (χ0v) is 37.4. The molecule has 11 aromatic rings. The molecule has 9 aromatic carbocycles. The Morgan fingerprint density at radius 3 is 2.15 bits per heavy atom. The molecule has 2 aromatic heterocycles. The van der Waals surface area contributed by atoms with E-state index in [9.17, 15) is 0 Å². The molecular formula is C63H50N2O. The van der Waals surface area contributed by atoms with Gasteiger partial charge in [0, 0.05) is 43.9 Å². The van der Waals surface area contributed by atoms with Gasteiger partial charge in [0.25, 0.3) is 0 Å². The highest BCUT2D eigenvalue weighted by atomic mass is 16.3. The van der Waals surface area contributed by atoms with Crippen LogP contribution in [0.2, 0.25) is 0 Å². The minimum absolute atomic E-state index is 0.353. The number of nitrogens with zero attached hydrogens (tertiary/aromatic N) is 2. The third kappa shape index (κ3) is 5.62. The lowest BCUT2D eigenvalue weighted by atomic mass is 9.60. The van der Waals surface area contributed by atoms with Crippen LogP contribution in [0.5, 0.6) is 0 Å². The number of hydrogen-bond acceptors (Lipinski definition) is 2. The lowest BCUT2D eigenvalue weighted by Crippen LogP contribution is -2.37. The number of para-hydroxylation sites is 2. The van der Waals surface area contributed by atoms with Gasteiger partial charge in [-0.2, -0.15) is 0 Å². The predicted octanol–water partition coefficient (Wildman–Crippen LogP) is 17.6. The standard InChI is InChI=1S/C63H50N2O/c1-3-4-19-41(2)63(45-24-6-5-7-25-45)53-30-15-12-28-50(53)60-54(63)40-58(61-51-29-14-17-33-59(51)66-62(60)61)64(46-35-34-42-20-8-9-22-44(42)38-46)47-36-37-57-52(39-47)49-27-13-16-31-56(49)65(57)55-32-18-23-43-21-10-11-26-48(43)55/h3-11,13-14,16-27,29,31-40,50,53H,12,15,28,30H2,1-2H3/b4-3-,41-19+. The summed E-state index contributed by atoms with van der Waals surface area (Å²) in [4.78, 5) is 2.54. The van der Waals surface area contributed by atoms with E-state index in [2.05, 4.69) is 230 Å². The first-order valence-corrected chi connectivity index (χ1v) is 23.8. The second kappa shape index (κ2) is 15.2. The van der Waals surface area contributed by atoms with Gasteiger partial charge in [-0.3, -0.25) is 0 Å². The minimum atomic E-state index is -0.353. The number of rotatable bonds is 7. The first-order chi connectivity index (χ1) is 32.6. The Balaban J connectivity index is 1.16. The summed E-state index contributed by atoms with van der Waals surface area (Å²) in [6.45, 7) is 4.51. The highest BCUT2D eigenvalue weighted by Gasteiger charge is 2.56. The fraction of sp³-hybridized carbons (Fsp3) is 0.143. The minimum Gasteiger partial charge on any atom is -0.456 e. The van der Waals surface area contributed by atoms with Crippen LogP contribution in [-0.2, 0) is 5.41 Å². The number of benzene rings is 9. The molecule has 0 saturated heterocycles. The van der Waals surface area contributed by atoms with Crippen molar-refractivity contribution in [2.45, 2.75) is 50.9 Å². The predicted molar refractivity (Wildman–Crippen MR) is 278 cm³/mol. The molecule has 0 N–H and O–H groups in total. The van der Waals surface area contributed by atoms with Gasteiger partial charge in [0.1, 0.15) is 11.2 Å². The van der Waals surface area contributed by atoms with E-state index in [1.807, 2.05) is 0 Å². The number of allylic oxidation sites excluding steroid dienone is 4. The van der Waals surface area contributed by atoms with Crippen LogP contribution < -0.4 is 4.90 Å². The zero-order chi connectivity index (χ0) is 43.9. The molecular weight excluding hydrogens is 801 g/mol. The fourth-order valence-corrected chi connectivity index (χ4v) is 12.6. The molecule has 66 heavy (non-hydrogen) atoms. The van der Waals surface area contributed by atoms with Gasteiger partial charge >= 0.3 is 0 Å². The summed E-state index contributed by atoms with van der Waals surface area (Å²) in [5, 5.41) is 9.66. The van der Waals surface area contributed by atoms with E-state index in [1.165, 1.54) is 89.5 Å². The molecule has 318 valence electrons. The van der Waals surface area contributed by atoms with Crippen molar-refractivity contribution in [3.63, 3.8) is 0 Å². The second-order valence-electron chi connectivity index (χ2n) is 18.6. The van der Waals surface area contributed by atoms with Crippen LogP contribution in [-0.4, -0.2) is 4.57 Å². The molecule has 1 fully saturated rings. The number of aromatic nitrogens is 1. The molecule has 0 spiro atoms. The Morgan fingerprint density at radius 2 is 1.29 bits per heavy atom. The van der Waals surface area contributed by atoms with E-state index in [4.69, 9.17) is 4.42 Å². The Hall–Kier alpha value is -7.62. The SMILES string of the molecule is C/C=C\C=C(/C)C1(c2ccccc2)c2cc(N(c3ccc4ccccc4c3)c3ccc4c(c3)c3ccccc3n4-c3cccc4ccccc34)c3c(oc4ccccc43)c2C2CCCCC21. The van der Waals surface area contributed by atoms with E-state index < -0.39 is 0 Å². The van der Waals surface area contributed by atoms with Crippen LogP contribution in [0.15, 0.2) is 216 Å². The van der Waals surface area contributed by atoms with Crippen molar-refractivity contribution in [3.8, 4) is 5.69 Å². The molecule has 0 radical (unpaired) electrons. The molecule has 3 unspecified atom stereocenters. The van der Waals surface area contributed by atoms with Gasteiger partial charge in [0.15, 0.2) is 0 Å². The normalized spacial score (nSPS) is 18.6. The quantitative estimate of drug-likeness (QED) is 0.149. The number of furan rings is 1. The summed E-state index contributed by atoms with van der Waals surface area (Å²) in [5.74, 6) is 0.758. The van der Waals surface area contributed by atoms with E-state index in [1.54, 1.807) is 0 Å². The van der Waals surface area contributed by atoms with Crippen molar-refractivity contribution in [1.82, 2.24) is 4.57 Å². The summed E-state index contributed by atoms with van der Waals surface area (Å²) >= 11 is 0. The second-order valence-corrected chi connectivity index (χ2v) is 18.6. The Labute approximate surface area is 385 Å². The molecule has 0 amide bonds. The average Bonchev–Trinajstić information content (AvgIpc) is 4.02. The molecule has 2 aliphatic rings. The van der Waals surface area contributed by atoms with Crippen LogP contribution in [0.4, 0.5) is 17.1 Å². The van der Waals surface area contributed by atoms with Crippen LogP contribution in [0.1, 0.15) is 62.1 Å². The Bertz CT molecular complexity index is 3770. The van der Waals surface area contributed by atoms with Crippen molar-refractivity contribution in [2.75, 3.05) is 4.90 Å². The molecule has 0 bridgehead atoms. The maximum absolute atomic E-state index is 7.32. The van der Waals surface area contributed by atoms with Crippen molar-refractivity contribution in [3.05, 3.63) is 229 Å².